The van der Waals surface area contributed by atoms with Crippen LogP contribution in [0.3, 0.4) is 0 Å². The SMILES string of the molecule is COc1cc2c(cc1OC)[C@@H](c1cccs1)N(CC(N)=O)CC2. The smallest absolute Gasteiger partial charge is 0.231 e. The summed E-state index contributed by atoms with van der Waals surface area (Å²) in [6.45, 7) is 1.03. The van der Waals surface area contributed by atoms with Crippen LogP contribution in [0.25, 0.3) is 0 Å². The van der Waals surface area contributed by atoms with Crippen molar-refractivity contribution in [3.63, 3.8) is 0 Å². The second-order valence-corrected chi connectivity index (χ2v) is 6.49. The summed E-state index contributed by atoms with van der Waals surface area (Å²) >= 11 is 1.68. The van der Waals surface area contributed by atoms with Gasteiger partial charge in [0.05, 0.1) is 26.8 Å². The Morgan fingerprint density at radius 3 is 2.70 bits per heavy atom. The van der Waals surface area contributed by atoms with Gasteiger partial charge in [0.25, 0.3) is 0 Å². The third-order valence-electron chi connectivity index (χ3n) is 4.15. The summed E-state index contributed by atoms with van der Waals surface area (Å²) in [4.78, 5) is 14.8. The Hall–Kier alpha value is -2.05. The quantitative estimate of drug-likeness (QED) is 0.912. The van der Waals surface area contributed by atoms with E-state index in [0.717, 1.165) is 24.3 Å². The van der Waals surface area contributed by atoms with Crippen molar-refractivity contribution in [1.82, 2.24) is 4.90 Å². The van der Waals surface area contributed by atoms with E-state index in [1.54, 1.807) is 25.6 Å². The Kier molecular flexibility index (Phi) is 4.54. The Morgan fingerprint density at radius 2 is 2.09 bits per heavy atom. The molecule has 0 bridgehead atoms. The van der Waals surface area contributed by atoms with Gasteiger partial charge in [0, 0.05) is 11.4 Å². The summed E-state index contributed by atoms with van der Waals surface area (Å²) in [6.07, 6.45) is 0.852. The number of primary amides is 1. The van der Waals surface area contributed by atoms with E-state index in [9.17, 15) is 4.79 Å². The standard InChI is InChI=1S/C17H20N2O3S/c1-21-13-8-11-5-6-19(10-16(18)20)17(15-4-3-7-23-15)12(11)9-14(13)22-2/h3-4,7-9,17H,5-6,10H2,1-2H3,(H2,18,20)/t17-/m0/s1. The highest BCUT2D eigenvalue weighted by Crippen LogP contribution is 2.41. The Morgan fingerprint density at radius 1 is 1.35 bits per heavy atom. The van der Waals surface area contributed by atoms with Gasteiger partial charge in [0.1, 0.15) is 0 Å². The fourth-order valence-electron chi connectivity index (χ4n) is 3.15. The summed E-state index contributed by atoms with van der Waals surface area (Å²) < 4.78 is 10.9. The van der Waals surface area contributed by atoms with Crippen LogP contribution in [0.2, 0.25) is 0 Å². The summed E-state index contributed by atoms with van der Waals surface area (Å²) in [5.74, 6) is 1.13. The van der Waals surface area contributed by atoms with Crippen molar-refractivity contribution in [2.24, 2.45) is 5.73 Å². The maximum Gasteiger partial charge on any atom is 0.231 e. The van der Waals surface area contributed by atoms with Crippen LogP contribution >= 0.6 is 11.3 Å². The predicted molar refractivity (Wildman–Crippen MR) is 90.2 cm³/mol. The van der Waals surface area contributed by atoms with E-state index in [4.69, 9.17) is 15.2 Å². The molecule has 0 aliphatic carbocycles. The number of methoxy groups -OCH3 is 2. The van der Waals surface area contributed by atoms with E-state index in [1.807, 2.05) is 23.6 Å². The van der Waals surface area contributed by atoms with Gasteiger partial charge in [-0.2, -0.15) is 0 Å². The number of hydrogen-bond acceptors (Lipinski definition) is 5. The van der Waals surface area contributed by atoms with Crippen LogP contribution in [0.1, 0.15) is 22.0 Å². The van der Waals surface area contributed by atoms with Crippen LogP contribution in [-0.4, -0.2) is 38.1 Å². The number of carbonyl (C=O) groups excluding carboxylic acids is 1. The van der Waals surface area contributed by atoms with Gasteiger partial charge in [0.15, 0.2) is 11.5 Å². The molecule has 2 heterocycles. The lowest BCUT2D eigenvalue weighted by molar-refractivity contribution is -0.119. The molecule has 23 heavy (non-hydrogen) atoms. The third-order valence-corrected chi connectivity index (χ3v) is 5.07. The average molecular weight is 332 g/mol. The van der Waals surface area contributed by atoms with Gasteiger partial charge < -0.3 is 15.2 Å². The van der Waals surface area contributed by atoms with E-state index in [2.05, 4.69) is 11.0 Å². The van der Waals surface area contributed by atoms with E-state index >= 15 is 0 Å². The van der Waals surface area contributed by atoms with Crippen LogP contribution in [0.15, 0.2) is 29.6 Å². The molecular weight excluding hydrogens is 312 g/mol. The lowest BCUT2D eigenvalue weighted by Gasteiger charge is -2.36. The van der Waals surface area contributed by atoms with Crippen LogP contribution in [-0.2, 0) is 11.2 Å². The Balaban J connectivity index is 2.10. The largest absolute Gasteiger partial charge is 0.493 e. The zero-order valence-electron chi connectivity index (χ0n) is 13.2. The molecule has 3 rings (SSSR count). The molecule has 0 saturated heterocycles. The molecule has 0 spiro atoms. The maximum absolute atomic E-state index is 11.5. The fourth-order valence-corrected chi connectivity index (χ4v) is 4.02. The number of rotatable bonds is 5. The first kappa shape index (κ1) is 15.8. The Labute approximate surface area is 139 Å². The monoisotopic (exact) mass is 332 g/mol. The molecule has 0 radical (unpaired) electrons. The predicted octanol–water partition coefficient (Wildman–Crippen LogP) is 2.20. The second kappa shape index (κ2) is 6.60. The summed E-state index contributed by atoms with van der Waals surface area (Å²) in [5.41, 5.74) is 7.81. The Bertz CT molecular complexity index is 700. The van der Waals surface area contributed by atoms with E-state index in [0.29, 0.717) is 5.75 Å². The summed E-state index contributed by atoms with van der Waals surface area (Å²) in [6, 6.07) is 8.19. The van der Waals surface area contributed by atoms with Crippen LogP contribution in [0.5, 0.6) is 11.5 Å². The maximum atomic E-state index is 11.5. The number of nitrogens with zero attached hydrogens (tertiary/aromatic N) is 1. The topological polar surface area (TPSA) is 64.8 Å². The van der Waals surface area contributed by atoms with Gasteiger partial charge in [-0.05, 0) is 41.1 Å². The van der Waals surface area contributed by atoms with Crippen LogP contribution in [0.4, 0.5) is 0 Å². The minimum Gasteiger partial charge on any atom is -0.493 e. The molecule has 0 saturated carbocycles. The van der Waals surface area contributed by atoms with E-state index in [-0.39, 0.29) is 18.5 Å². The minimum absolute atomic E-state index is 0.0195. The molecule has 5 nitrogen and oxygen atoms in total. The van der Waals surface area contributed by atoms with E-state index < -0.39 is 0 Å². The number of nitrogens with two attached hydrogens (primary N) is 1. The highest BCUT2D eigenvalue weighted by atomic mass is 32.1. The number of thiophene rings is 1. The first-order valence-corrected chi connectivity index (χ1v) is 8.32. The van der Waals surface area contributed by atoms with Gasteiger partial charge >= 0.3 is 0 Å². The summed E-state index contributed by atoms with van der Waals surface area (Å²) in [5, 5.41) is 2.05. The molecular formula is C17H20N2O3S. The lowest BCUT2D eigenvalue weighted by Crippen LogP contribution is -2.41. The molecule has 1 amide bonds. The molecule has 1 aromatic carbocycles. The van der Waals surface area contributed by atoms with E-state index in [1.165, 1.54) is 10.4 Å². The zero-order chi connectivity index (χ0) is 16.4. The second-order valence-electron chi connectivity index (χ2n) is 5.51. The summed E-state index contributed by atoms with van der Waals surface area (Å²) in [7, 11) is 3.28. The highest BCUT2D eigenvalue weighted by molar-refractivity contribution is 7.10. The fraction of sp³-hybridized carbons (Fsp3) is 0.353. The molecule has 0 unspecified atom stereocenters. The van der Waals surface area contributed by atoms with Crippen molar-refractivity contribution < 1.29 is 14.3 Å². The van der Waals surface area contributed by atoms with Gasteiger partial charge in [0.2, 0.25) is 5.91 Å². The van der Waals surface area contributed by atoms with Crippen molar-refractivity contribution in [2.45, 2.75) is 12.5 Å². The van der Waals surface area contributed by atoms with Gasteiger partial charge in [-0.1, -0.05) is 6.07 Å². The molecule has 6 heteroatoms. The van der Waals surface area contributed by atoms with Gasteiger partial charge in [-0.3, -0.25) is 9.69 Å². The number of fused-ring (bicyclic) bond motifs is 1. The molecule has 0 fully saturated rings. The molecule has 1 aliphatic rings. The average Bonchev–Trinajstić information content (AvgIpc) is 3.06. The molecule has 2 N–H and O–H groups in total. The number of amides is 1. The first-order valence-electron chi connectivity index (χ1n) is 7.44. The van der Waals surface area contributed by atoms with Crippen molar-refractivity contribution in [3.8, 4) is 11.5 Å². The lowest BCUT2D eigenvalue weighted by atomic mass is 9.91. The van der Waals surface area contributed by atoms with Crippen LogP contribution < -0.4 is 15.2 Å². The molecule has 1 aliphatic heterocycles. The molecule has 1 atom stereocenters. The number of benzene rings is 1. The van der Waals surface area contributed by atoms with Crippen LogP contribution in [0, 0.1) is 0 Å². The van der Waals surface area contributed by atoms with Crippen molar-refractivity contribution in [3.05, 3.63) is 45.6 Å². The van der Waals surface area contributed by atoms with Gasteiger partial charge in [-0.25, -0.2) is 0 Å². The molecule has 2 aromatic rings. The van der Waals surface area contributed by atoms with Crippen molar-refractivity contribution in [2.75, 3.05) is 27.3 Å². The first-order chi connectivity index (χ1) is 11.1. The molecule has 1 aromatic heterocycles. The van der Waals surface area contributed by atoms with Crippen molar-refractivity contribution >= 4 is 17.2 Å². The third kappa shape index (κ3) is 3.04. The highest BCUT2D eigenvalue weighted by Gasteiger charge is 2.31. The number of hydrogen-bond donors (Lipinski definition) is 1. The van der Waals surface area contributed by atoms with Crippen molar-refractivity contribution in [1.29, 1.82) is 0 Å². The zero-order valence-corrected chi connectivity index (χ0v) is 14.1. The minimum atomic E-state index is -0.310. The number of carbonyl (C=O) groups is 1. The molecule has 122 valence electrons. The van der Waals surface area contributed by atoms with Gasteiger partial charge in [-0.15, -0.1) is 11.3 Å². The normalized spacial score (nSPS) is 17.6. The number of ether oxygens (including phenoxy) is 2.